The quantitative estimate of drug-likeness (QED) is 0.247. The van der Waals surface area contributed by atoms with E-state index in [1.807, 2.05) is 54.6 Å². The van der Waals surface area contributed by atoms with E-state index in [2.05, 4.69) is 52.9 Å². The molecule has 0 bridgehead atoms. The number of anilines is 1. The molecule has 4 aromatic rings. The van der Waals surface area contributed by atoms with Crippen LogP contribution in [0.1, 0.15) is 40.8 Å². The van der Waals surface area contributed by atoms with Crippen molar-refractivity contribution in [3.8, 4) is 5.75 Å². The smallest absolute Gasteiger partial charge is 0.229 e. The van der Waals surface area contributed by atoms with Crippen LogP contribution in [0, 0.1) is 0 Å². The molecule has 0 radical (unpaired) electrons. The molecule has 0 saturated carbocycles. The van der Waals surface area contributed by atoms with Crippen LogP contribution in [0.25, 0.3) is 0 Å². The summed E-state index contributed by atoms with van der Waals surface area (Å²) in [6.07, 6.45) is 2.07. The molecule has 0 saturated heterocycles. The van der Waals surface area contributed by atoms with Crippen LogP contribution in [-0.4, -0.2) is 36.8 Å². The molecule has 2 N–H and O–H groups in total. The Labute approximate surface area is 237 Å². The summed E-state index contributed by atoms with van der Waals surface area (Å²) in [5.74, 6) is 0.407. The van der Waals surface area contributed by atoms with Gasteiger partial charge in [0.25, 0.3) is 0 Å². The maximum absolute atomic E-state index is 12.2. The van der Waals surface area contributed by atoms with Crippen molar-refractivity contribution in [2.45, 2.75) is 44.6 Å². The molecule has 1 aliphatic carbocycles. The molecular weight excluding hydrogens is 520 g/mol. The van der Waals surface area contributed by atoms with Crippen molar-refractivity contribution in [3.63, 3.8) is 0 Å². The highest BCUT2D eigenvalue weighted by Crippen LogP contribution is 2.37. The van der Waals surface area contributed by atoms with Gasteiger partial charge in [-0.05, 0) is 59.7 Å². The average molecular weight is 557 g/mol. The van der Waals surface area contributed by atoms with Gasteiger partial charge in [-0.1, -0.05) is 91.0 Å². The number of sulfonamides is 1. The number of nitrogens with zero attached hydrogens (tertiary/aromatic N) is 1. The van der Waals surface area contributed by atoms with Crippen LogP contribution in [0.15, 0.2) is 103 Å². The van der Waals surface area contributed by atoms with Crippen molar-refractivity contribution in [3.05, 3.63) is 131 Å². The zero-order valence-corrected chi connectivity index (χ0v) is 23.8. The lowest BCUT2D eigenvalue weighted by molar-refractivity contribution is 0.0391. The van der Waals surface area contributed by atoms with Gasteiger partial charge in [0.05, 0.1) is 18.0 Å². The normalized spacial score (nSPS) is 15.0. The first kappa shape index (κ1) is 27.9. The van der Waals surface area contributed by atoms with Crippen molar-refractivity contribution >= 4 is 15.7 Å². The Morgan fingerprint density at radius 1 is 0.875 bits per heavy atom. The summed E-state index contributed by atoms with van der Waals surface area (Å²) in [5, 5.41) is 11.5. The summed E-state index contributed by atoms with van der Waals surface area (Å²) in [6.45, 7) is 3.64. The molecule has 0 fully saturated rings. The maximum atomic E-state index is 12.2. The topological polar surface area (TPSA) is 78.9 Å². The SMILES string of the molecule is CC1(N(Cc2ccccc2)CC(O)c2ccc(OCc3ccccc3)c(NS(C)(=O)=O)c2)Cc2ccccc2C1. The monoisotopic (exact) mass is 556 g/mol. The maximum Gasteiger partial charge on any atom is 0.229 e. The van der Waals surface area contributed by atoms with E-state index in [-0.39, 0.29) is 5.54 Å². The molecule has 0 spiro atoms. The van der Waals surface area contributed by atoms with Crippen molar-refractivity contribution in [2.24, 2.45) is 0 Å². The van der Waals surface area contributed by atoms with Crippen molar-refractivity contribution in [1.29, 1.82) is 0 Å². The lowest BCUT2D eigenvalue weighted by Crippen LogP contribution is -2.48. The van der Waals surface area contributed by atoms with Gasteiger partial charge in [0, 0.05) is 18.6 Å². The van der Waals surface area contributed by atoms with Gasteiger partial charge in [-0.25, -0.2) is 8.42 Å². The molecule has 1 atom stereocenters. The zero-order valence-electron chi connectivity index (χ0n) is 23.0. The Balaban J connectivity index is 1.40. The molecule has 7 heteroatoms. The van der Waals surface area contributed by atoms with E-state index in [0.29, 0.717) is 36.7 Å². The van der Waals surface area contributed by atoms with E-state index in [1.165, 1.54) is 16.7 Å². The largest absolute Gasteiger partial charge is 0.487 e. The van der Waals surface area contributed by atoms with Gasteiger partial charge in [-0.2, -0.15) is 0 Å². The summed E-state index contributed by atoms with van der Waals surface area (Å²) in [4.78, 5) is 2.36. The van der Waals surface area contributed by atoms with Gasteiger partial charge in [0.15, 0.2) is 0 Å². The Morgan fingerprint density at radius 2 is 1.45 bits per heavy atom. The minimum atomic E-state index is -3.56. The van der Waals surface area contributed by atoms with Crippen LogP contribution in [0.4, 0.5) is 5.69 Å². The lowest BCUT2D eigenvalue weighted by atomic mass is 9.93. The molecule has 0 aliphatic heterocycles. The third kappa shape index (κ3) is 6.91. The minimum absolute atomic E-state index is 0.174. The van der Waals surface area contributed by atoms with Gasteiger partial charge in [-0.3, -0.25) is 9.62 Å². The predicted molar refractivity (Wildman–Crippen MR) is 160 cm³/mol. The second kappa shape index (κ2) is 11.8. The number of rotatable bonds is 11. The van der Waals surface area contributed by atoms with Gasteiger partial charge in [0.2, 0.25) is 10.0 Å². The van der Waals surface area contributed by atoms with Crippen LogP contribution in [0.3, 0.4) is 0 Å². The van der Waals surface area contributed by atoms with Crippen LogP contribution in [-0.2, 0) is 36.0 Å². The standard InChI is InChI=1S/C33H36N2O4S/c1-33(20-28-15-9-10-16-29(28)21-33)35(22-25-11-5-3-6-12-25)23-31(36)27-17-18-32(30(19-27)34-40(2,37)38)39-24-26-13-7-4-8-14-26/h3-19,31,34,36H,20-24H2,1-2H3. The van der Waals surface area contributed by atoms with Crippen LogP contribution >= 0.6 is 0 Å². The highest BCUT2D eigenvalue weighted by Gasteiger charge is 2.39. The number of aliphatic hydroxyl groups is 1. The van der Waals surface area contributed by atoms with E-state index in [4.69, 9.17) is 4.74 Å². The van der Waals surface area contributed by atoms with Gasteiger partial charge in [0.1, 0.15) is 12.4 Å². The highest BCUT2D eigenvalue weighted by atomic mass is 32.2. The Hall–Kier alpha value is -3.65. The van der Waals surface area contributed by atoms with Gasteiger partial charge < -0.3 is 9.84 Å². The Bertz CT molecular complexity index is 1520. The van der Waals surface area contributed by atoms with E-state index >= 15 is 0 Å². The summed E-state index contributed by atoms with van der Waals surface area (Å²) < 4.78 is 32.9. The summed E-state index contributed by atoms with van der Waals surface area (Å²) in [5.41, 5.74) is 5.59. The third-order valence-corrected chi connectivity index (χ3v) is 8.15. The van der Waals surface area contributed by atoms with Crippen molar-refractivity contribution in [2.75, 3.05) is 17.5 Å². The average Bonchev–Trinajstić information content (AvgIpc) is 3.29. The van der Waals surface area contributed by atoms with Crippen molar-refractivity contribution in [1.82, 2.24) is 4.90 Å². The summed E-state index contributed by atoms with van der Waals surface area (Å²) in [7, 11) is -3.56. The first-order valence-electron chi connectivity index (χ1n) is 13.5. The molecule has 1 aliphatic rings. The molecular formula is C33H36N2O4S. The molecule has 0 aromatic heterocycles. The third-order valence-electron chi connectivity index (χ3n) is 7.55. The molecule has 4 aromatic carbocycles. The molecule has 6 nitrogen and oxygen atoms in total. The number of fused-ring (bicyclic) bond motifs is 1. The number of aliphatic hydroxyl groups excluding tert-OH is 1. The first-order chi connectivity index (χ1) is 19.2. The fraction of sp³-hybridized carbons (Fsp3) is 0.273. The lowest BCUT2D eigenvalue weighted by Gasteiger charge is -2.40. The van der Waals surface area contributed by atoms with E-state index < -0.39 is 16.1 Å². The predicted octanol–water partition coefficient (Wildman–Crippen LogP) is 5.73. The fourth-order valence-electron chi connectivity index (χ4n) is 5.50. The van der Waals surface area contributed by atoms with Crippen LogP contribution < -0.4 is 9.46 Å². The number of ether oxygens (including phenoxy) is 1. The highest BCUT2D eigenvalue weighted by molar-refractivity contribution is 7.92. The summed E-state index contributed by atoms with van der Waals surface area (Å²) >= 11 is 0. The fourth-order valence-corrected chi connectivity index (χ4v) is 6.06. The Kier molecular flexibility index (Phi) is 8.26. The zero-order chi connectivity index (χ0) is 28.2. The molecule has 0 heterocycles. The van der Waals surface area contributed by atoms with Crippen LogP contribution in [0.2, 0.25) is 0 Å². The number of hydrogen-bond acceptors (Lipinski definition) is 5. The molecule has 0 amide bonds. The Morgan fingerprint density at radius 3 is 2.05 bits per heavy atom. The number of benzene rings is 4. The number of β-amino-alcohol motifs (C(OH)–C–C–N with tert-alkyl or cyclic N) is 1. The second-order valence-corrected chi connectivity index (χ2v) is 12.7. The minimum Gasteiger partial charge on any atom is -0.487 e. The summed E-state index contributed by atoms with van der Waals surface area (Å²) in [6, 6.07) is 33.7. The number of nitrogens with one attached hydrogen (secondary N) is 1. The first-order valence-corrected chi connectivity index (χ1v) is 15.4. The van der Waals surface area contributed by atoms with E-state index in [1.54, 1.807) is 12.1 Å². The number of hydrogen-bond donors (Lipinski definition) is 2. The molecule has 5 rings (SSSR count). The van der Waals surface area contributed by atoms with Crippen molar-refractivity contribution < 1.29 is 18.3 Å². The molecule has 40 heavy (non-hydrogen) atoms. The van der Waals surface area contributed by atoms with Gasteiger partial charge >= 0.3 is 0 Å². The van der Waals surface area contributed by atoms with E-state index in [0.717, 1.165) is 24.7 Å². The van der Waals surface area contributed by atoms with Gasteiger partial charge in [-0.15, -0.1) is 0 Å². The van der Waals surface area contributed by atoms with E-state index in [9.17, 15) is 13.5 Å². The molecule has 208 valence electrons. The second-order valence-electron chi connectivity index (χ2n) is 10.9. The van der Waals surface area contributed by atoms with Crippen LogP contribution in [0.5, 0.6) is 5.75 Å². The molecule has 1 unspecified atom stereocenters.